The zero-order chi connectivity index (χ0) is 22.0. The molecule has 0 bridgehead atoms. The molecule has 2 saturated heterocycles. The van der Waals surface area contributed by atoms with Gasteiger partial charge in [-0.25, -0.2) is 0 Å². The van der Waals surface area contributed by atoms with Crippen molar-refractivity contribution in [3.63, 3.8) is 0 Å². The average Bonchev–Trinajstić information content (AvgIpc) is 3.23. The van der Waals surface area contributed by atoms with E-state index < -0.39 is 27.9 Å². The molecule has 0 aromatic rings. The fourth-order valence-electron chi connectivity index (χ4n) is 9.70. The molecule has 0 amide bonds. The Morgan fingerprint density at radius 2 is 1.90 bits per heavy atom. The highest BCUT2D eigenvalue weighted by Crippen LogP contribution is 2.81. The molecule has 4 aliphatic carbocycles. The van der Waals surface area contributed by atoms with Crippen LogP contribution in [0, 0.1) is 51.2 Å². The molecule has 0 aromatic carbocycles. The Morgan fingerprint density at radius 3 is 2.55 bits per heavy atom. The fourth-order valence-corrected chi connectivity index (χ4v) is 9.70. The Labute approximate surface area is 183 Å². The number of nitrogens with zero attached hydrogens (tertiary/aromatic N) is 1. The van der Waals surface area contributed by atoms with E-state index in [1.54, 1.807) is 0 Å². The number of hydrogen-bond donors (Lipinski definition) is 0. The second kappa shape index (κ2) is 5.60. The van der Waals surface area contributed by atoms with Crippen LogP contribution in [0.1, 0.15) is 72.1 Å². The van der Waals surface area contributed by atoms with E-state index >= 15 is 0 Å². The van der Waals surface area contributed by atoms with Crippen molar-refractivity contribution in [2.24, 2.45) is 39.9 Å². The topological polar surface area (TPSA) is 96.8 Å². The van der Waals surface area contributed by atoms with Crippen LogP contribution in [0.2, 0.25) is 0 Å². The third-order valence-corrected chi connectivity index (χ3v) is 11.4. The van der Waals surface area contributed by atoms with E-state index in [4.69, 9.17) is 9.47 Å². The van der Waals surface area contributed by atoms with Gasteiger partial charge in [-0.2, -0.15) is 5.26 Å². The Morgan fingerprint density at radius 1 is 1.13 bits per heavy atom. The molecule has 0 aromatic heterocycles. The first-order valence-electron chi connectivity index (χ1n) is 11.9. The molecule has 6 rings (SSSR count). The molecule has 6 nitrogen and oxygen atoms in total. The van der Waals surface area contributed by atoms with Crippen LogP contribution in [0.25, 0.3) is 0 Å². The molecule has 31 heavy (non-hydrogen) atoms. The SMILES string of the molecule is C[C@@H]1C(=O)CCC2(C)[C@]1(C#N)C[C@@H](C=O)C1C3CC[C@@]4(CCC(=O)O4)C3(C)C[C@H]3O[C@@]132. The number of aldehydes is 1. The van der Waals surface area contributed by atoms with E-state index in [9.17, 15) is 19.6 Å². The minimum atomic E-state index is -0.872. The Hall–Kier alpha value is -1.74. The second-order valence-electron chi connectivity index (χ2n) is 11.8. The maximum Gasteiger partial charge on any atom is 0.306 e. The van der Waals surface area contributed by atoms with Crippen LogP contribution in [0.4, 0.5) is 0 Å². The van der Waals surface area contributed by atoms with Crippen LogP contribution in [-0.2, 0) is 23.9 Å². The highest BCUT2D eigenvalue weighted by Gasteiger charge is 2.86. The lowest BCUT2D eigenvalue weighted by atomic mass is 9.36. The summed E-state index contributed by atoms with van der Waals surface area (Å²) in [5.74, 6) is -0.455. The average molecular weight is 426 g/mol. The van der Waals surface area contributed by atoms with Gasteiger partial charge in [-0.15, -0.1) is 0 Å². The van der Waals surface area contributed by atoms with E-state index in [1.165, 1.54) is 0 Å². The summed E-state index contributed by atoms with van der Waals surface area (Å²) in [4.78, 5) is 37.4. The van der Waals surface area contributed by atoms with Gasteiger partial charge in [0, 0.05) is 41.4 Å². The third kappa shape index (κ3) is 1.86. The molecule has 6 aliphatic rings. The lowest BCUT2D eigenvalue weighted by molar-refractivity contribution is -0.190. The van der Waals surface area contributed by atoms with E-state index in [-0.39, 0.29) is 41.0 Å². The van der Waals surface area contributed by atoms with Gasteiger partial charge >= 0.3 is 5.97 Å². The van der Waals surface area contributed by atoms with Crippen LogP contribution in [0.15, 0.2) is 0 Å². The van der Waals surface area contributed by atoms with Crippen molar-refractivity contribution in [3.05, 3.63) is 0 Å². The minimum Gasteiger partial charge on any atom is -0.458 e. The first-order valence-corrected chi connectivity index (χ1v) is 11.9. The van der Waals surface area contributed by atoms with E-state index in [0.29, 0.717) is 25.7 Å². The largest absolute Gasteiger partial charge is 0.458 e. The number of esters is 1. The highest BCUT2D eigenvalue weighted by molar-refractivity contribution is 5.84. The third-order valence-electron chi connectivity index (χ3n) is 11.4. The second-order valence-corrected chi connectivity index (χ2v) is 11.8. The smallest absolute Gasteiger partial charge is 0.306 e. The minimum absolute atomic E-state index is 0.0132. The first-order chi connectivity index (χ1) is 14.6. The number of nitriles is 1. The predicted octanol–water partition coefficient (Wildman–Crippen LogP) is 3.37. The summed E-state index contributed by atoms with van der Waals surface area (Å²) in [7, 11) is 0. The number of ketones is 1. The maximum absolute atomic E-state index is 12.7. The molecule has 2 heterocycles. The van der Waals surface area contributed by atoms with Gasteiger partial charge < -0.3 is 14.3 Å². The molecule has 2 spiro atoms. The summed E-state index contributed by atoms with van der Waals surface area (Å²) >= 11 is 0. The van der Waals surface area contributed by atoms with Gasteiger partial charge in [0.15, 0.2) is 0 Å². The zero-order valence-corrected chi connectivity index (χ0v) is 18.6. The number of epoxide rings is 1. The highest BCUT2D eigenvalue weighted by atomic mass is 16.6. The number of fused-ring (bicyclic) bond motifs is 4. The van der Waals surface area contributed by atoms with Gasteiger partial charge in [-0.1, -0.05) is 20.8 Å². The number of carbonyl (C=O) groups excluding carboxylic acids is 3. The zero-order valence-electron chi connectivity index (χ0n) is 18.6. The van der Waals surface area contributed by atoms with Crippen LogP contribution < -0.4 is 0 Å². The molecular formula is C25H31NO5. The summed E-state index contributed by atoms with van der Waals surface area (Å²) in [5, 5.41) is 10.5. The first kappa shape index (κ1) is 19.9. The molecule has 0 N–H and O–H groups in total. The Bertz CT molecular complexity index is 956. The molecule has 4 unspecified atom stereocenters. The Kier molecular flexibility index (Phi) is 3.59. The number of Topliss-reactive ketones (excluding diaryl/α,β-unsaturated/α-hetero) is 1. The van der Waals surface area contributed by atoms with Crippen molar-refractivity contribution in [1.82, 2.24) is 0 Å². The monoisotopic (exact) mass is 425 g/mol. The summed E-state index contributed by atoms with van der Waals surface area (Å²) in [5.41, 5.74) is -2.52. The molecule has 10 atom stereocenters. The normalized spacial score (nSPS) is 59.1. The number of hydrogen-bond acceptors (Lipinski definition) is 6. The van der Waals surface area contributed by atoms with Crippen LogP contribution >= 0.6 is 0 Å². The summed E-state index contributed by atoms with van der Waals surface area (Å²) in [6.07, 6.45) is 6.32. The number of carbonyl (C=O) groups is 3. The molecular weight excluding hydrogens is 394 g/mol. The lowest BCUT2D eigenvalue weighted by Gasteiger charge is -2.64. The van der Waals surface area contributed by atoms with Crippen molar-refractivity contribution in [3.8, 4) is 6.07 Å². The lowest BCUT2D eigenvalue weighted by Crippen LogP contribution is -2.69. The molecule has 4 saturated carbocycles. The van der Waals surface area contributed by atoms with Gasteiger partial charge in [-0.05, 0) is 44.4 Å². The van der Waals surface area contributed by atoms with Crippen molar-refractivity contribution >= 4 is 18.0 Å². The molecule has 0 radical (unpaired) electrons. The molecule has 6 fully saturated rings. The van der Waals surface area contributed by atoms with E-state index in [1.807, 2.05) is 6.92 Å². The van der Waals surface area contributed by atoms with Gasteiger partial charge in [0.2, 0.25) is 0 Å². The van der Waals surface area contributed by atoms with E-state index in [2.05, 4.69) is 19.9 Å². The van der Waals surface area contributed by atoms with Gasteiger partial charge in [0.05, 0.1) is 17.6 Å². The number of ether oxygens (including phenoxy) is 2. The van der Waals surface area contributed by atoms with Crippen molar-refractivity contribution in [2.75, 3.05) is 0 Å². The summed E-state index contributed by atoms with van der Waals surface area (Å²) in [6.45, 7) is 6.29. The maximum atomic E-state index is 12.7. The summed E-state index contributed by atoms with van der Waals surface area (Å²) in [6, 6.07) is 2.58. The van der Waals surface area contributed by atoms with E-state index in [0.717, 1.165) is 32.0 Å². The molecule has 2 aliphatic heterocycles. The molecule has 6 heteroatoms. The number of rotatable bonds is 1. The van der Waals surface area contributed by atoms with Crippen molar-refractivity contribution in [2.45, 2.75) is 89.4 Å². The van der Waals surface area contributed by atoms with Crippen molar-refractivity contribution < 1.29 is 23.9 Å². The van der Waals surface area contributed by atoms with Gasteiger partial charge in [0.25, 0.3) is 0 Å². The van der Waals surface area contributed by atoms with Crippen molar-refractivity contribution in [1.29, 1.82) is 5.26 Å². The molecule has 166 valence electrons. The Balaban J connectivity index is 1.50. The fraction of sp³-hybridized carbons (Fsp3) is 0.840. The van der Waals surface area contributed by atoms with Crippen LogP contribution in [0.5, 0.6) is 0 Å². The van der Waals surface area contributed by atoms with Crippen LogP contribution in [-0.4, -0.2) is 35.3 Å². The van der Waals surface area contributed by atoms with Gasteiger partial charge in [0.1, 0.15) is 23.3 Å². The standard InChI is InChI=1S/C25H31NO5/c1-14-17(28)5-7-22(3)23(14,13-26)10-15(12-27)20-16-4-8-24(9-6-19(29)31-24)21(16,2)11-18-25(20,22)30-18/h12,14-16,18,20H,4-11H2,1-3H3/t14-,15+,16?,18-,20?,21?,22?,23+,24-,25-/m1/s1. The quantitative estimate of drug-likeness (QED) is 0.363. The van der Waals surface area contributed by atoms with Gasteiger partial charge in [-0.3, -0.25) is 9.59 Å². The van der Waals surface area contributed by atoms with Crippen LogP contribution in [0.3, 0.4) is 0 Å². The summed E-state index contributed by atoms with van der Waals surface area (Å²) < 4.78 is 12.7. The predicted molar refractivity (Wildman–Crippen MR) is 108 cm³/mol.